The minimum atomic E-state index is -0.564. The zero-order chi connectivity index (χ0) is 14.7. The lowest BCUT2D eigenvalue weighted by Crippen LogP contribution is -2.27. The van der Waals surface area contributed by atoms with Crippen LogP contribution in [0.2, 0.25) is 0 Å². The summed E-state index contributed by atoms with van der Waals surface area (Å²) < 4.78 is 1.54. The number of carbonyl (C=O) groups excluding carboxylic acids is 2. The molecule has 1 aromatic rings. The lowest BCUT2D eigenvalue weighted by atomic mass is 9.88. The summed E-state index contributed by atoms with van der Waals surface area (Å²) in [5.41, 5.74) is 6.79. The Morgan fingerprint density at radius 1 is 1.35 bits per heavy atom. The SMILES string of the molecule is CCn1nc(C)c(NC(=O)C2CCCCC2)c1C(N)=O. The van der Waals surface area contributed by atoms with Gasteiger partial charge in [-0.3, -0.25) is 14.3 Å². The molecule has 0 radical (unpaired) electrons. The summed E-state index contributed by atoms with van der Waals surface area (Å²) in [6.45, 7) is 4.19. The van der Waals surface area contributed by atoms with Gasteiger partial charge in [-0.05, 0) is 26.7 Å². The van der Waals surface area contributed by atoms with Crippen molar-refractivity contribution in [2.45, 2.75) is 52.5 Å². The molecular formula is C14H22N4O2. The first-order valence-electron chi connectivity index (χ1n) is 7.22. The Bertz CT molecular complexity index is 515. The molecule has 3 N–H and O–H groups in total. The van der Waals surface area contributed by atoms with Crippen molar-refractivity contribution in [2.75, 3.05) is 5.32 Å². The van der Waals surface area contributed by atoms with E-state index in [0.29, 0.717) is 17.9 Å². The highest BCUT2D eigenvalue weighted by Gasteiger charge is 2.25. The molecule has 0 saturated heterocycles. The molecule has 1 aliphatic carbocycles. The fourth-order valence-corrected chi connectivity index (χ4v) is 2.80. The van der Waals surface area contributed by atoms with Gasteiger partial charge in [-0.2, -0.15) is 5.10 Å². The summed E-state index contributed by atoms with van der Waals surface area (Å²) in [5, 5.41) is 7.11. The molecule has 0 atom stereocenters. The molecule has 0 aromatic carbocycles. The average molecular weight is 278 g/mol. The maximum atomic E-state index is 12.3. The summed E-state index contributed by atoms with van der Waals surface area (Å²) in [4.78, 5) is 23.9. The van der Waals surface area contributed by atoms with E-state index in [2.05, 4.69) is 10.4 Å². The fraction of sp³-hybridized carbons (Fsp3) is 0.643. The van der Waals surface area contributed by atoms with Crippen LogP contribution in [0, 0.1) is 12.8 Å². The summed E-state index contributed by atoms with van der Waals surface area (Å²) in [5.74, 6) is -0.550. The molecule has 1 fully saturated rings. The van der Waals surface area contributed by atoms with Gasteiger partial charge in [-0.1, -0.05) is 19.3 Å². The van der Waals surface area contributed by atoms with Crippen molar-refractivity contribution in [3.63, 3.8) is 0 Å². The molecule has 6 nitrogen and oxygen atoms in total. The Kier molecular flexibility index (Phi) is 4.42. The van der Waals surface area contributed by atoms with E-state index in [-0.39, 0.29) is 17.5 Å². The van der Waals surface area contributed by atoms with Crippen molar-refractivity contribution in [3.8, 4) is 0 Å². The quantitative estimate of drug-likeness (QED) is 0.880. The molecule has 1 aromatic heterocycles. The second kappa shape index (κ2) is 6.07. The number of primary amides is 1. The normalized spacial score (nSPS) is 16.1. The lowest BCUT2D eigenvalue weighted by molar-refractivity contribution is -0.120. The third kappa shape index (κ3) is 2.84. The second-order valence-electron chi connectivity index (χ2n) is 5.31. The van der Waals surface area contributed by atoms with Crippen LogP contribution in [0.1, 0.15) is 55.2 Å². The minimum Gasteiger partial charge on any atom is -0.364 e. The molecule has 2 rings (SSSR count). The van der Waals surface area contributed by atoms with E-state index in [4.69, 9.17) is 5.73 Å². The molecule has 20 heavy (non-hydrogen) atoms. The molecule has 0 aliphatic heterocycles. The second-order valence-corrected chi connectivity index (χ2v) is 5.31. The van der Waals surface area contributed by atoms with Gasteiger partial charge in [0.05, 0.1) is 11.4 Å². The van der Waals surface area contributed by atoms with Crippen LogP contribution in [0.4, 0.5) is 5.69 Å². The Labute approximate surface area is 118 Å². The maximum absolute atomic E-state index is 12.3. The molecule has 0 spiro atoms. The first-order chi connectivity index (χ1) is 9.54. The molecule has 1 heterocycles. The predicted octanol–water partition coefficient (Wildman–Crippen LogP) is 1.83. The number of nitrogens with one attached hydrogen (secondary N) is 1. The number of anilines is 1. The monoisotopic (exact) mass is 278 g/mol. The highest BCUT2D eigenvalue weighted by atomic mass is 16.2. The van der Waals surface area contributed by atoms with Crippen molar-refractivity contribution >= 4 is 17.5 Å². The highest BCUT2D eigenvalue weighted by molar-refractivity contribution is 6.03. The number of carbonyl (C=O) groups is 2. The smallest absolute Gasteiger partial charge is 0.269 e. The van der Waals surface area contributed by atoms with Crippen molar-refractivity contribution in [1.29, 1.82) is 0 Å². The number of hydrogen-bond acceptors (Lipinski definition) is 3. The van der Waals surface area contributed by atoms with Gasteiger partial charge in [-0.15, -0.1) is 0 Å². The van der Waals surface area contributed by atoms with Crippen LogP contribution < -0.4 is 11.1 Å². The molecule has 6 heteroatoms. The Morgan fingerprint density at radius 3 is 2.55 bits per heavy atom. The molecule has 2 amide bonds. The van der Waals surface area contributed by atoms with Crippen LogP contribution in [0.5, 0.6) is 0 Å². The van der Waals surface area contributed by atoms with Gasteiger partial charge in [0, 0.05) is 12.5 Å². The van der Waals surface area contributed by atoms with Crippen molar-refractivity contribution in [2.24, 2.45) is 11.7 Å². The Hall–Kier alpha value is -1.85. The number of nitrogens with two attached hydrogens (primary N) is 1. The van der Waals surface area contributed by atoms with Crippen LogP contribution in [-0.4, -0.2) is 21.6 Å². The van der Waals surface area contributed by atoms with E-state index in [9.17, 15) is 9.59 Å². The standard InChI is InChI=1S/C14H22N4O2/c1-3-18-12(13(15)19)11(9(2)17-18)16-14(20)10-7-5-4-6-8-10/h10H,3-8H2,1-2H3,(H2,15,19)(H,16,20). The lowest BCUT2D eigenvalue weighted by Gasteiger charge is -2.20. The van der Waals surface area contributed by atoms with E-state index in [1.54, 1.807) is 6.92 Å². The third-order valence-corrected chi connectivity index (χ3v) is 3.88. The zero-order valence-electron chi connectivity index (χ0n) is 12.1. The topological polar surface area (TPSA) is 90.0 Å². The van der Waals surface area contributed by atoms with Gasteiger partial charge < -0.3 is 11.1 Å². The van der Waals surface area contributed by atoms with Crippen LogP contribution in [0.15, 0.2) is 0 Å². The molecule has 110 valence electrons. The van der Waals surface area contributed by atoms with Gasteiger partial charge >= 0.3 is 0 Å². The summed E-state index contributed by atoms with van der Waals surface area (Å²) >= 11 is 0. The van der Waals surface area contributed by atoms with Gasteiger partial charge in [0.1, 0.15) is 5.69 Å². The van der Waals surface area contributed by atoms with Gasteiger partial charge in [0.25, 0.3) is 5.91 Å². The van der Waals surface area contributed by atoms with E-state index >= 15 is 0 Å². The maximum Gasteiger partial charge on any atom is 0.269 e. The molecule has 0 bridgehead atoms. The van der Waals surface area contributed by atoms with E-state index in [1.807, 2.05) is 6.92 Å². The van der Waals surface area contributed by atoms with Crippen molar-refractivity contribution in [3.05, 3.63) is 11.4 Å². The van der Waals surface area contributed by atoms with Crippen LogP contribution in [0.3, 0.4) is 0 Å². The summed E-state index contributed by atoms with van der Waals surface area (Å²) in [6.07, 6.45) is 5.21. The number of nitrogens with zero attached hydrogens (tertiary/aromatic N) is 2. The minimum absolute atomic E-state index is 0.0223. The molecule has 0 unspecified atom stereocenters. The molecule has 1 aliphatic rings. The Balaban J connectivity index is 2.21. The van der Waals surface area contributed by atoms with Crippen molar-refractivity contribution in [1.82, 2.24) is 9.78 Å². The highest BCUT2D eigenvalue weighted by Crippen LogP contribution is 2.27. The first-order valence-corrected chi connectivity index (χ1v) is 7.22. The van der Waals surface area contributed by atoms with Crippen LogP contribution in [-0.2, 0) is 11.3 Å². The molecule has 1 saturated carbocycles. The number of aryl methyl sites for hydroxylation is 2. The fourth-order valence-electron chi connectivity index (χ4n) is 2.80. The number of aromatic nitrogens is 2. The molecular weight excluding hydrogens is 256 g/mol. The third-order valence-electron chi connectivity index (χ3n) is 3.88. The summed E-state index contributed by atoms with van der Waals surface area (Å²) in [6, 6.07) is 0. The van der Waals surface area contributed by atoms with Crippen molar-refractivity contribution < 1.29 is 9.59 Å². The number of rotatable bonds is 4. The van der Waals surface area contributed by atoms with Crippen LogP contribution in [0.25, 0.3) is 0 Å². The average Bonchev–Trinajstić information content (AvgIpc) is 2.76. The van der Waals surface area contributed by atoms with Gasteiger partial charge in [-0.25, -0.2) is 0 Å². The van der Waals surface area contributed by atoms with Gasteiger partial charge in [0.2, 0.25) is 5.91 Å². The van der Waals surface area contributed by atoms with E-state index in [1.165, 1.54) is 11.1 Å². The van der Waals surface area contributed by atoms with E-state index in [0.717, 1.165) is 25.7 Å². The largest absolute Gasteiger partial charge is 0.364 e. The Morgan fingerprint density at radius 2 is 2.00 bits per heavy atom. The zero-order valence-corrected chi connectivity index (χ0v) is 12.1. The number of amides is 2. The first kappa shape index (κ1) is 14.6. The van der Waals surface area contributed by atoms with Crippen LogP contribution >= 0.6 is 0 Å². The van der Waals surface area contributed by atoms with E-state index < -0.39 is 5.91 Å². The van der Waals surface area contributed by atoms with Gasteiger partial charge in [0.15, 0.2) is 0 Å². The summed E-state index contributed by atoms with van der Waals surface area (Å²) in [7, 11) is 0. The predicted molar refractivity (Wildman–Crippen MR) is 76.4 cm³/mol. The number of hydrogen-bond donors (Lipinski definition) is 2.